The van der Waals surface area contributed by atoms with E-state index in [1.165, 1.54) is 70.6 Å². The van der Waals surface area contributed by atoms with Gasteiger partial charge in [0.25, 0.3) is 0 Å². The molecule has 0 nitrogen and oxygen atoms in total. The first-order valence-electron chi connectivity index (χ1n) is 7.35. The molecule has 4 radical (unpaired) electrons. The maximum Gasteiger partial charge on any atom is -0.00936 e. The van der Waals surface area contributed by atoms with Gasteiger partial charge in [0.05, 0.1) is 0 Å². The molecule has 0 spiro atoms. The zero-order valence-electron chi connectivity index (χ0n) is 11.1. The lowest BCUT2D eigenvalue weighted by Gasteiger charge is -2.02. The second kappa shape index (κ2) is 15.0. The first-order chi connectivity index (χ1) is 7.91. The number of rotatable bonds is 13. The first-order valence-corrected chi connectivity index (χ1v) is 7.35. The Morgan fingerprint density at radius 3 is 1.12 bits per heavy atom. The molecule has 0 aromatic carbocycles. The molecule has 0 aromatic heterocycles. The maximum atomic E-state index is 7.04. The van der Waals surface area contributed by atoms with Gasteiger partial charge in [0.15, 0.2) is 0 Å². The van der Waals surface area contributed by atoms with E-state index in [4.69, 9.17) is 6.92 Å². The van der Waals surface area contributed by atoms with E-state index in [1.807, 2.05) is 0 Å². The minimum atomic E-state index is 0.618. The van der Waals surface area contributed by atoms with Gasteiger partial charge in [0, 0.05) is 0 Å². The van der Waals surface area contributed by atoms with Crippen LogP contribution in [-0.4, -0.2) is 0 Å². The van der Waals surface area contributed by atoms with Crippen LogP contribution in [0.5, 0.6) is 0 Å². The van der Waals surface area contributed by atoms with Crippen molar-refractivity contribution in [1.82, 2.24) is 0 Å². The molecule has 16 heavy (non-hydrogen) atoms. The molecular formula is C16H30. The van der Waals surface area contributed by atoms with Gasteiger partial charge in [-0.15, -0.1) is 0 Å². The maximum absolute atomic E-state index is 7.04. The van der Waals surface area contributed by atoms with Crippen molar-refractivity contribution in [3.63, 3.8) is 0 Å². The average Bonchev–Trinajstić information content (AvgIpc) is 2.31. The molecule has 0 heteroatoms. The minimum absolute atomic E-state index is 0.618. The largest absolute Gasteiger partial charge is 0.0533 e. The van der Waals surface area contributed by atoms with E-state index in [-0.39, 0.29) is 0 Å². The van der Waals surface area contributed by atoms with Crippen molar-refractivity contribution >= 4 is 0 Å². The first kappa shape index (κ1) is 16.0. The second-order valence-electron chi connectivity index (χ2n) is 4.85. The third-order valence-corrected chi connectivity index (χ3v) is 3.18. The smallest absolute Gasteiger partial charge is 0.00936 e. The highest BCUT2D eigenvalue weighted by atomic mass is 14.0. The normalized spacial score (nSPS) is 10.9. The van der Waals surface area contributed by atoms with E-state index in [2.05, 4.69) is 6.92 Å². The highest BCUT2D eigenvalue weighted by Gasteiger charge is 1.92. The fourth-order valence-corrected chi connectivity index (χ4v) is 2.07. The summed E-state index contributed by atoms with van der Waals surface area (Å²) in [5, 5.41) is 0. The van der Waals surface area contributed by atoms with Crippen LogP contribution in [0.1, 0.15) is 89.9 Å². The molecule has 0 N–H and O–H groups in total. The van der Waals surface area contributed by atoms with Crippen molar-refractivity contribution in [2.75, 3.05) is 0 Å². The molecule has 0 bridgehead atoms. The summed E-state index contributed by atoms with van der Waals surface area (Å²) in [6, 6.07) is 0. The van der Waals surface area contributed by atoms with E-state index in [9.17, 15) is 0 Å². The van der Waals surface area contributed by atoms with Gasteiger partial charge in [-0.2, -0.15) is 0 Å². The summed E-state index contributed by atoms with van der Waals surface area (Å²) in [6.07, 6.45) is 18.1. The van der Waals surface area contributed by atoms with E-state index in [1.54, 1.807) is 0 Å². The van der Waals surface area contributed by atoms with Crippen molar-refractivity contribution in [1.29, 1.82) is 0 Å². The van der Waals surface area contributed by atoms with Gasteiger partial charge in [0.2, 0.25) is 0 Å². The van der Waals surface area contributed by atoms with Gasteiger partial charge in [-0.25, -0.2) is 0 Å². The van der Waals surface area contributed by atoms with Crippen LogP contribution < -0.4 is 0 Å². The lowest BCUT2D eigenvalue weighted by Crippen LogP contribution is -1.82. The topological polar surface area (TPSA) is 0 Å². The van der Waals surface area contributed by atoms with Gasteiger partial charge in [-0.05, 0) is 13.3 Å². The Balaban J connectivity index is 2.83. The predicted octanol–water partition coefficient (Wildman–Crippen LogP) is 5.87. The highest BCUT2D eigenvalue weighted by Crippen LogP contribution is 2.12. The highest BCUT2D eigenvalue weighted by molar-refractivity contribution is 4.50. The summed E-state index contributed by atoms with van der Waals surface area (Å²) < 4.78 is 0. The van der Waals surface area contributed by atoms with Crippen molar-refractivity contribution in [3.05, 3.63) is 13.8 Å². The molecule has 0 rings (SSSR count). The Morgan fingerprint density at radius 2 is 0.812 bits per heavy atom. The fraction of sp³-hybridized carbons (Fsp3) is 0.875. The van der Waals surface area contributed by atoms with Gasteiger partial charge in [0.1, 0.15) is 0 Å². The Kier molecular flexibility index (Phi) is 15.0. The van der Waals surface area contributed by atoms with Crippen LogP contribution in [0.3, 0.4) is 0 Å². The Hall–Kier alpha value is 0. The van der Waals surface area contributed by atoms with Crippen LogP contribution in [0.25, 0.3) is 0 Å². The Labute approximate surface area is 104 Å². The molecule has 0 heterocycles. The predicted molar refractivity (Wildman–Crippen MR) is 73.2 cm³/mol. The van der Waals surface area contributed by atoms with Crippen molar-refractivity contribution in [3.8, 4) is 0 Å². The Morgan fingerprint density at radius 1 is 0.500 bits per heavy atom. The SMILES string of the molecule is [C]CCCCCCCCCCCCCC[CH2]. The summed E-state index contributed by atoms with van der Waals surface area (Å²) in [5.74, 6) is 0. The van der Waals surface area contributed by atoms with Crippen LogP contribution in [0.4, 0.5) is 0 Å². The molecule has 0 unspecified atom stereocenters. The zero-order valence-corrected chi connectivity index (χ0v) is 11.1. The fourth-order valence-electron chi connectivity index (χ4n) is 2.07. The Bertz CT molecular complexity index is 92.6. The summed E-state index contributed by atoms with van der Waals surface area (Å²) >= 11 is 0. The van der Waals surface area contributed by atoms with E-state index in [0.717, 1.165) is 12.8 Å². The average molecular weight is 222 g/mol. The molecule has 0 aliphatic carbocycles. The molecule has 0 saturated heterocycles. The quantitative estimate of drug-likeness (QED) is 0.342. The standard InChI is InChI=1S/C16H30/c1-3-5-7-9-11-13-15-16-14-12-10-8-6-4-2/h1,3-16H2. The van der Waals surface area contributed by atoms with Crippen LogP contribution in [0, 0.1) is 13.8 Å². The number of unbranched alkanes of at least 4 members (excludes halogenated alkanes) is 13. The summed E-state index contributed by atoms with van der Waals surface area (Å²) in [6.45, 7) is 10.9. The third kappa shape index (κ3) is 14.0. The summed E-state index contributed by atoms with van der Waals surface area (Å²) in [4.78, 5) is 0. The molecule has 0 aliphatic rings. The summed E-state index contributed by atoms with van der Waals surface area (Å²) in [5.41, 5.74) is 0. The molecule has 0 saturated carbocycles. The van der Waals surface area contributed by atoms with E-state index in [0.29, 0.717) is 6.42 Å². The zero-order chi connectivity index (χ0) is 11.9. The van der Waals surface area contributed by atoms with Gasteiger partial charge in [-0.1, -0.05) is 90.4 Å². The lowest BCUT2D eigenvalue weighted by atomic mass is 10.0. The molecule has 0 amide bonds. The molecule has 0 atom stereocenters. The molecule has 0 fully saturated rings. The van der Waals surface area contributed by atoms with E-state index >= 15 is 0 Å². The lowest BCUT2D eigenvalue weighted by molar-refractivity contribution is 0.542. The number of hydrogen-bond acceptors (Lipinski definition) is 0. The minimum Gasteiger partial charge on any atom is -0.0533 e. The van der Waals surface area contributed by atoms with Crippen LogP contribution >= 0.6 is 0 Å². The van der Waals surface area contributed by atoms with Crippen molar-refractivity contribution < 1.29 is 0 Å². The summed E-state index contributed by atoms with van der Waals surface area (Å²) in [7, 11) is 0. The van der Waals surface area contributed by atoms with Gasteiger partial charge < -0.3 is 0 Å². The van der Waals surface area contributed by atoms with Crippen LogP contribution in [0.15, 0.2) is 0 Å². The van der Waals surface area contributed by atoms with Crippen molar-refractivity contribution in [2.24, 2.45) is 0 Å². The number of hydrogen-bond donors (Lipinski definition) is 0. The monoisotopic (exact) mass is 222 g/mol. The molecule has 0 aliphatic heterocycles. The molecule has 94 valence electrons. The van der Waals surface area contributed by atoms with Gasteiger partial charge >= 0.3 is 0 Å². The van der Waals surface area contributed by atoms with Crippen LogP contribution in [0.2, 0.25) is 0 Å². The van der Waals surface area contributed by atoms with Gasteiger partial charge in [-0.3, -0.25) is 0 Å². The van der Waals surface area contributed by atoms with E-state index < -0.39 is 0 Å². The molecule has 0 aromatic rings. The molecular weight excluding hydrogens is 192 g/mol. The third-order valence-electron chi connectivity index (χ3n) is 3.18. The van der Waals surface area contributed by atoms with Crippen molar-refractivity contribution in [2.45, 2.75) is 89.9 Å². The second-order valence-corrected chi connectivity index (χ2v) is 4.85. The van der Waals surface area contributed by atoms with Crippen LogP contribution in [-0.2, 0) is 0 Å².